The molecule has 1 amide bonds. The van der Waals surface area contributed by atoms with E-state index in [1.165, 1.54) is 0 Å². The molecule has 0 radical (unpaired) electrons. The molecule has 160 valence electrons. The number of nitrogens with zero attached hydrogens (tertiary/aromatic N) is 3. The van der Waals surface area contributed by atoms with Crippen LogP contribution in [0.2, 0.25) is 0 Å². The number of carbonyl (C=O) groups is 1. The minimum Gasteiger partial charge on any atom is -0.493 e. The van der Waals surface area contributed by atoms with Gasteiger partial charge in [0, 0.05) is 31.3 Å². The number of rotatable bonds is 8. The highest BCUT2D eigenvalue weighted by molar-refractivity contribution is 5.82. The Hall–Kier alpha value is -3.61. The molecule has 0 atom stereocenters. The number of methoxy groups -OCH3 is 2. The van der Waals surface area contributed by atoms with E-state index in [1.807, 2.05) is 54.6 Å². The van der Waals surface area contributed by atoms with Crippen LogP contribution in [0.15, 0.2) is 60.9 Å². The van der Waals surface area contributed by atoms with Crippen molar-refractivity contribution < 1.29 is 14.3 Å². The highest BCUT2D eigenvalue weighted by Crippen LogP contribution is 2.28. The van der Waals surface area contributed by atoms with Gasteiger partial charge in [-0.05, 0) is 24.1 Å². The number of carbonyl (C=O) groups excluding carboxylic acids is 1. The largest absolute Gasteiger partial charge is 0.493 e. The van der Waals surface area contributed by atoms with Crippen molar-refractivity contribution in [3.05, 3.63) is 66.5 Å². The third kappa shape index (κ3) is 4.77. The fourth-order valence-corrected chi connectivity index (χ4v) is 3.63. The molecule has 0 bridgehead atoms. The lowest BCUT2D eigenvalue weighted by molar-refractivity contribution is -0.125. The van der Waals surface area contributed by atoms with Crippen LogP contribution in [0.5, 0.6) is 11.5 Å². The maximum absolute atomic E-state index is 12.5. The van der Waals surface area contributed by atoms with E-state index in [0.29, 0.717) is 31.1 Å². The first-order valence-corrected chi connectivity index (χ1v) is 10.3. The van der Waals surface area contributed by atoms with Crippen molar-refractivity contribution >= 4 is 11.7 Å². The fraction of sp³-hybridized carbons (Fsp3) is 0.292. The van der Waals surface area contributed by atoms with E-state index >= 15 is 0 Å². The van der Waals surface area contributed by atoms with Gasteiger partial charge in [0.05, 0.1) is 25.8 Å². The molecule has 1 aliphatic heterocycles. The molecule has 0 spiro atoms. The summed E-state index contributed by atoms with van der Waals surface area (Å²) in [5.74, 6) is 2.29. The van der Waals surface area contributed by atoms with Gasteiger partial charge in [0.25, 0.3) is 0 Å². The van der Waals surface area contributed by atoms with Gasteiger partial charge in [0.2, 0.25) is 5.91 Å². The van der Waals surface area contributed by atoms with Crippen molar-refractivity contribution in [1.82, 2.24) is 15.3 Å². The number of ether oxygens (including phenoxy) is 2. The lowest BCUT2D eigenvalue weighted by Gasteiger charge is -2.39. The average Bonchev–Trinajstić information content (AvgIpc) is 2.79. The standard InChI is InChI=1S/C24H26N4O3/c1-30-21-9-8-17(12-22(21)31-2)10-11-25-24(29)19-14-28(15-19)23-13-20(26-16-27-23)18-6-4-3-5-7-18/h3-9,12-13,16,19H,10-11,14-15H2,1-2H3,(H,25,29). The van der Waals surface area contributed by atoms with E-state index in [1.54, 1.807) is 20.5 Å². The van der Waals surface area contributed by atoms with Crippen molar-refractivity contribution in [3.8, 4) is 22.8 Å². The molecular weight excluding hydrogens is 392 g/mol. The fourth-order valence-electron chi connectivity index (χ4n) is 3.63. The van der Waals surface area contributed by atoms with Crippen LogP contribution in [0.1, 0.15) is 5.56 Å². The van der Waals surface area contributed by atoms with Gasteiger partial charge >= 0.3 is 0 Å². The highest BCUT2D eigenvalue weighted by atomic mass is 16.5. The van der Waals surface area contributed by atoms with Crippen LogP contribution in [0, 0.1) is 5.92 Å². The highest BCUT2D eigenvalue weighted by Gasteiger charge is 2.33. The number of nitrogens with one attached hydrogen (secondary N) is 1. The number of hydrogen-bond acceptors (Lipinski definition) is 6. The molecule has 3 aromatic rings. The molecule has 7 nitrogen and oxygen atoms in total. The predicted molar refractivity (Wildman–Crippen MR) is 119 cm³/mol. The monoisotopic (exact) mass is 418 g/mol. The van der Waals surface area contributed by atoms with Crippen molar-refractivity contribution in [2.75, 3.05) is 38.8 Å². The summed E-state index contributed by atoms with van der Waals surface area (Å²) >= 11 is 0. The molecule has 1 fully saturated rings. The molecule has 31 heavy (non-hydrogen) atoms. The quantitative estimate of drug-likeness (QED) is 0.606. The Morgan fingerprint density at radius 2 is 1.81 bits per heavy atom. The summed E-state index contributed by atoms with van der Waals surface area (Å²) in [4.78, 5) is 23.3. The Bertz CT molecular complexity index is 1040. The molecule has 1 aliphatic rings. The Kier molecular flexibility index (Phi) is 6.31. The topological polar surface area (TPSA) is 76.6 Å². The van der Waals surface area contributed by atoms with Gasteiger partial charge in [-0.15, -0.1) is 0 Å². The van der Waals surface area contributed by atoms with E-state index in [4.69, 9.17) is 9.47 Å². The Morgan fingerprint density at radius 3 is 2.55 bits per heavy atom. The van der Waals surface area contributed by atoms with Crippen LogP contribution in [-0.2, 0) is 11.2 Å². The molecule has 1 aromatic heterocycles. The molecular formula is C24H26N4O3. The normalized spacial score (nSPS) is 13.4. The number of benzene rings is 2. The molecule has 4 rings (SSSR count). The van der Waals surface area contributed by atoms with Gasteiger partial charge in [0.15, 0.2) is 11.5 Å². The van der Waals surface area contributed by atoms with Gasteiger partial charge in [-0.3, -0.25) is 4.79 Å². The van der Waals surface area contributed by atoms with Crippen LogP contribution in [0.25, 0.3) is 11.3 Å². The summed E-state index contributed by atoms with van der Waals surface area (Å²) in [5.41, 5.74) is 3.02. The van der Waals surface area contributed by atoms with Gasteiger partial charge in [-0.1, -0.05) is 36.4 Å². The molecule has 1 N–H and O–H groups in total. The van der Waals surface area contributed by atoms with Gasteiger partial charge in [-0.25, -0.2) is 9.97 Å². The molecule has 2 aromatic carbocycles. The number of hydrogen-bond donors (Lipinski definition) is 1. The lowest BCUT2D eigenvalue weighted by atomic mass is 9.99. The minimum absolute atomic E-state index is 0.0273. The smallest absolute Gasteiger partial charge is 0.226 e. The Balaban J connectivity index is 1.26. The Labute approximate surface area is 182 Å². The van der Waals surface area contributed by atoms with Crippen LogP contribution >= 0.6 is 0 Å². The molecule has 0 unspecified atom stereocenters. The summed E-state index contributed by atoms with van der Waals surface area (Å²) in [6.45, 7) is 1.90. The molecule has 1 saturated heterocycles. The van der Waals surface area contributed by atoms with Crippen molar-refractivity contribution in [2.24, 2.45) is 5.92 Å². The second-order valence-corrected chi connectivity index (χ2v) is 7.46. The van der Waals surface area contributed by atoms with Crippen LogP contribution < -0.4 is 19.7 Å². The second-order valence-electron chi connectivity index (χ2n) is 7.46. The first kappa shape index (κ1) is 20.7. The third-order valence-electron chi connectivity index (χ3n) is 5.46. The number of amides is 1. The van der Waals surface area contributed by atoms with E-state index in [0.717, 1.165) is 29.1 Å². The first-order valence-electron chi connectivity index (χ1n) is 10.3. The summed E-state index contributed by atoms with van der Waals surface area (Å²) < 4.78 is 10.6. The maximum atomic E-state index is 12.5. The van der Waals surface area contributed by atoms with Crippen molar-refractivity contribution in [2.45, 2.75) is 6.42 Å². The second kappa shape index (κ2) is 9.47. The van der Waals surface area contributed by atoms with E-state index in [2.05, 4.69) is 20.2 Å². The molecule has 2 heterocycles. The first-order chi connectivity index (χ1) is 15.2. The van der Waals surface area contributed by atoms with Crippen LogP contribution in [-0.4, -0.2) is 49.7 Å². The summed E-state index contributed by atoms with van der Waals surface area (Å²) in [6.07, 6.45) is 2.31. The van der Waals surface area contributed by atoms with Crippen molar-refractivity contribution in [1.29, 1.82) is 0 Å². The van der Waals surface area contributed by atoms with E-state index in [-0.39, 0.29) is 11.8 Å². The summed E-state index contributed by atoms with van der Waals surface area (Å²) in [7, 11) is 3.23. The number of anilines is 1. The summed E-state index contributed by atoms with van der Waals surface area (Å²) in [6, 6.07) is 17.8. The zero-order valence-corrected chi connectivity index (χ0v) is 17.7. The SMILES string of the molecule is COc1ccc(CCNC(=O)C2CN(c3cc(-c4ccccc4)ncn3)C2)cc1OC. The lowest BCUT2D eigenvalue weighted by Crippen LogP contribution is -2.54. The van der Waals surface area contributed by atoms with Crippen LogP contribution in [0.4, 0.5) is 5.82 Å². The predicted octanol–water partition coefficient (Wildman–Crippen LogP) is 2.96. The maximum Gasteiger partial charge on any atom is 0.226 e. The van der Waals surface area contributed by atoms with Gasteiger partial charge in [0.1, 0.15) is 12.1 Å². The van der Waals surface area contributed by atoms with E-state index < -0.39 is 0 Å². The number of aromatic nitrogens is 2. The Morgan fingerprint density at radius 1 is 1.03 bits per heavy atom. The average molecular weight is 418 g/mol. The molecule has 0 saturated carbocycles. The minimum atomic E-state index is -0.0273. The van der Waals surface area contributed by atoms with Crippen LogP contribution in [0.3, 0.4) is 0 Å². The van der Waals surface area contributed by atoms with Crippen molar-refractivity contribution in [3.63, 3.8) is 0 Å². The zero-order valence-electron chi connectivity index (χ0n) is 17.7. The van der Waals surface area contributed by atoms with Gasteiger partial charge < -0.3 is 19.7 Å². The third-order valence-corrected chi connectivity index (χ3v) is 5.46. The molecule has 7 heteroatoms. The molecule has 0 aliphatic carbocycles. The summed E-state index contributed by atoms with van der Waals surface area (Å²) in [5, 5.41) is 3.04. The van der Waals surface area contributed by atoms with Gasteiger partial charge in [-0.2, -0.15) is 0 Å². The zero-order chi connectivity index (χ0) is 21.6. The van der Waals surface area contributed by atoms with E-state index in [9.17, 15) is 4.79 Å².